The molecular weight excluding hydrogens is 258 g/mol. The molecule has 3 rings (SSSR count). The summed E-state index contributed by atoms with van der Waals surface area (Å²) in [6.07, 6.45) is 1.72. The SMILES string of the molecule is O/N=C1/CC[C@H](c2cccc(Cl)c2)c2ccccc21. The first-order chi connectivity index (χ1) is 9.29. The maximum atomic E-state index is 9.11. The van der Waals surface area contributed by atoms with Gasteiger partial charge in [-0.15, -0.1) is 0 Å². The molecule has 1 aliphatic carbocycles. The van der Waals surface area contributed by atoms with Crippen LogP contribution in [-0.4, -0.2) is 10.9 Å². The quantitative estimate of drug-likeness (QED) is 0.603. The van der Waals surface area contributed by atoms with E-state index in [0.717, 1.165) is 29.1 Å². The van der Waals surface area contributed by atoms with E-state index in [-0.39, 0.29) is 0 Å². The summed E-state index contributed by atoms with van der Waals surface area (Å²) in [5.74, 6) is 0.320. The molecule has 0 bridgehead atoms. The van der Waals surface area contributed by atoms with Gasteiger partial charge < -0.3 is 5.21 Å². The summed E-state index contributed by atoms with van der Waals surface area (Å²) in [5.41, 5.74) is 4.25. The Balaban J connectivity index is 2.10. The molecule has 0 saturated heterocycles. The van der Waals surface area contributed by atoms with Crippen LogP contribution >= 0.6 is 11.6 Å². The second kappa shape index (κ2) is 5.06. The second-order valence-corrected chi connectivity index (χ2v) is 5.22. The maximum Gasteiger partial charge on any atom is 0.0871 e. The lowest BCUT2D eigenvalue weighted by atomic mass is 9.78. The lowest BCUT2D eigenvalue weighted by Gasteiger charge is -2.26. The molecule has 0 saturated carbocycles. The minimum absolute atomic E-state index is 0.320. The van der Waals surface area contributed by atoms with Crippen LogP contribution < -0.4 is 0 Å². The van der Waals surface area contributed by atoms with Crippen molar-refractivity contribution in [3.63, 3.8) is 0 Å². The van der Waals surface area contributed by atoms with Crippen LogP contribution in [0.2, 0.25) is 5.02 Å². The molecule has 1 aliphatic rings. The Bertz CT molecular complexity index is 636. The summed E-state index contributed by atoms with van der Waals surface area (Å²) < 4.78 is 0. The van der Waals surface area contributed by atoms with E-state index in [1.54, 1.807) is 0 Å². The number of rotatable bonds is 1. The fourth-order valence-corrected chi connectivity index (χ4v) is 3.01. The predicted octanol–water partition coefficient (Wildman–Crippen LogP) is 4.44. The van der Waals surface area contributed by atoms with E-state index in [1.807, 2.05) is 36.4 Å². The minimum Gasteiger partial charge on any atom is -0.411 e. The summed E-state index contributed by atoms with van der Waals surface area (Å²) in [5, 5.41) is 13.3. The first-order valence-corrected chi connectivity index (χ1v) is 6.73. The van der Waals surface area contributed by atoms with E-state index >= 15 is 0 Å². The summed E-state index contributed by atoms with van der Waals surface area (Å²) in [6, 6.07) is 16.1. The summed E-state index contributed by atoms with van der Waals surface area (Å²) in [4.78, 5) is 0. The van der Waals surface area contributed by atoms with E-state index in [4.69, 9.17) is 16.8 Å². The van der Waals surface area contributed by atoms with Gasteiger partial charge in [-0.05, 0) is 36.1 Å². The molecule has 1 atom stereocenters. The predicted molar refractivity (Wildman–Crippen MR) is 77.3 cm³/mol. The van der Waals surface area contributed by atoms with Crippen molar-refractivity contribution in [3.05, 3.63) is 70.2 Å². The summed E-state index contributed by atoms with van der Waals surface area (Å²) >= 11 is 6.08. The molecular formula is C16H14ClNO. The molecule has 96 valence electrons. The Morgan fingerprint density at radius 1 is 1.11 bits per heavy atom. The van der Waals surface area contributed by atoms with Gasteiger partial charge in [0.15, 0.2) is 0 Å². The number of fused-ring (bicyclic) bond motifs is 1. The van der Waals surface area contributed by atoms with Crippen LogP contribution in [0.3, 0.4) is 0 Å². The molecule has 0 aliphatic heterocycles. The molecule has 0 heterocycles. The van der Waals surface area contributed by atoms with Gasteiger partial charge in [0, 0.05) is 16.5 Å². The van der Waals surface area contributed by atoms with Crippen LogP contribution in [0.4, 0.5) is 0 Å². The molecule has 2 aromatic rings. The summed E-state index contributed by atoms with van der Waals surface area (Å²) in [6.45, 7) is 0. The van der Waals surface area contributed by atoms with Crippen LogP contribution in [0, 0.1) is 0 Å². The van der Waals surface area contributed by atoms with Crippen LogP contribution in [0.15, 0.2) is 53.7 Å². The minimum atomic E-state index is 0.320. The smallest absolute Gasteiger partial charge is 0.0871 e. The van der Waals surface area contributed by atoms with Crippen molar-refractivity contribution in [3.8, 4) is 0 Å². The van der Waals surface area contributed by atoms with Gasteiger partial charge in [0.25, 0.3) is 0 Å². The highest BCUT2D eigenvalue weighted by Gasteiger charge is 2.25. The van der Waals surface area contributed by atoms with Crippen molar-refractivity contribution in [2.24, 2.45) is 5.16 Å². The highest BCUT2D eigenvalue weighted by molar-refractivity contribution is 6.30. The van der Waals surface area contributed by atoms with Gasteiger partial charge in [-0.25, -0.2) is 0 Å². The molecule has 0 spiro atoms. The van der Waals surface area contributed by atoms with Gasteiger partial charge in [0.2, 0.25) is 0 Å². The molecule has 3 heteroatoms. The van der Waals surface area contributed by atoms with Crippen molar-refractivity contribution in [2.45, 2.75) is 18.8 Å². The van der Waals surface area contributed by atoms with E-state index < -0.39 is 0 Å². The first-order valence-electron chi connectivity index (χ1n) is 6.35. The molecule has 2 nitrogen and oxygen atoms in total. The summed E-state index contributed by atoms with van der Waals surface area (Å²) in [7, 11) is 0. The Morgan fingerprint density at radius 3 is 2.74 bits per heavy atom. The Hall–Kier alpha value is -1.80. The molecule has 0 radical (unpaired) electrons. The van der Waals surface area contributed by atoms with Gasteiger partial charge in [-0.2, -0.15) is 0 Å². The average Bonchev–Trinajstić information content (AvgIpc) is 2.46. The fourth-order valence-electron chi connectivity index (χ4n) is 2.81. The number of oxime groups is 1. The lowest BCUT2D eigenvalue weighted by molar-refractivity contribution is 0.317. The van der Waals surface area contributed by atoms with E-state index in [0.29, 0.717) is 5.92 Å². The molecule has 0 aromatic heterocycles. The van der Waals surface area contributed by atoms with E-state index in [1.165, 1.54) is 11.1 Å². The monoisotopic (exact) mass is 271 g/mol. The molecule has 2 aromatic carbocycles. The number of halogens is 1. The Kier molecular flexibility index (Phi) is 3.26. The third-order valence-electron chi connectivity index (χ3n) is 3.69. The molecule has 0 amide bonds. The van der Waals surface area contributed by atoms with Crippen LogP contribution in [0.1, 0.15) is 35.4 Å². The molecule has 0 unspecified atom stereocenters. The van der Waals surface area contributed by atoms with Crippen LogP contribution in [0.25, 0.3) is 0 Å². The standard InChI is InChI=1S/C16H14ClNO/c17-12-5-3-4-11(10-12)13-8-9-16(18-19)15-7-2-1-6-14(13)15/h1-7,10,13,19H,8-9H2/b18-16-/t13-/m1/s1. The largest absolute Gasteiger partial charge is 0.411 e. The van der Waals surface area contributed by atoms with Crippen LogP contribution in [-0.2, 0) is 0 Å². The lowest BCUT2D eigenvalue weighted by Crippen LogP contribution is -2.17. The van der Waals surface area contributed by atoms with Gasteiger partial charge >= 0.3 is 0 Å². The number of hydrogen-bond donors (Lipinski definition) is 1. The topological polar surface area (TPSA) is 32.6 Å². The maximum absolute atomic E-state index is 9.11. The van der Waals surface area contributed by atoms with Crippen molar-refractivity contribution >= 4 is 17.3 Å². The number of benzene rings is 2. The van der Waals surface area contributed by atoms with Gasteiger partial charge in [0.1, 0.15) is 0 Å². The Morgan fingerprint density at radius 2 is 1.95 bits per heavy atom. The fraction of sp³-hybridized carbons (Fsp3) is 0.188. The normalized spacial score (nSPS) is 20.3. The Labute approximate surface area is 117 Å². The van der Waals surface area contributed by atoms with Gasteiger partial charge in [-0.3, -0.25) is 0 Å². The van der Waals surface area contributed by atoms with E-state index in [2.05, 4.69) is 17.3 Å². The first kappa shape index (κ1) is 12.2. The number of hydrogen-bond acceptors (Lipinski definition) is 2. The third-order valence-corrected chi connectivity index (χ3v) is 3.92. The molecule has 1 N–H and O–H groups in total. The number of nitrogens with zero attached hydrogens (tertiary/aromatic N) is 1. The van der Waals surface area contributed by atoms with Crippen molar-refractivity contribution in [1.82, 2.24) is 0 Å². The zero-order chi connectivity index (χ0) is 13.2. The zero-order valence-corrected chi connectivity index (χ0v) is 11.1. The molecule has 0 fully saturated rings. The highest BCUT2D eigenvalue weighted by atomic mass is 35.5. The van der Waals surface area contributed by atoms with Crippen molar-refractivity contribution in [1.29, 1.82) is 0 Å². The average molecular weight is 272 g/mol. The third kappa shape index (κ3) is 2.24. The van der Waals surface area contributed by atoms with Crippen LogP contribution in [0.5, 0.6) is 0 Å². The van der Waals surface area contributed by atoms with E-state index in [9.17, 15) is 0 Å². The second-order valence-electron chi connectivity index (χ2n) is 4.78. The van der Waals surface area contributed by atoms with Gasteiger partial charge in [-0.1, -0.05) is 53.2 Å². The van der Waals surface area contributed by atoms with Crippen molar-refractivity contribution < 1.29 is 5.21 Å². The van der Waals surface area contributed by atoms with Crippen molar-refractivity contribution in [2.75, 3.05) is 0 Å². The molecule has 19 heavy (non-hydrogen) atoms. The van der Waals surface area contributed by atoms with Gasteiger partial charge in [0.05, 0.1) is 5.71 Å². The zero-order valence-electron chi connectivity index (χ0n) is 10.4. The highest BCUT2D eigenvalue weighted by Crippen LogP contribution is 2.37.